The third-order valence-electron chi connectivity index (χ3n) is 4.06. The third-order valence-corrected chi connectivity index (χ3v) is 4.29. The number of carbonyl (C=O) groups excluding carboxylic acids is 1. The van der Waals surface area contributed by atoms with E-state index >= 15 is 0 Å². The fraction of sp³-hybridized carbons (Fsp3) is 0.389. The van der Waals surface area contributed by atoms with Crippen LogP contribution in [-0.4, -0.2) is 34.4 Å². The molecule has 1 aromatic heterocycles. The highest BCUT2D eigenvalue weighted by atomic mass is 35.5. The van der Waals surface area contributed by atoms with E-state index in [2.05, 4.69) is 20.8 Å². The van der Waals surface area contributed by atoms with Crippen molar-refractivity contribution < 1.29 is 9.90 Å². The number of nitrogens with two attached hydrogens (primary N) is 1. The monoisotopic (exact) mass is 390 g/mol. The predicted octanol–water partition coefficient (Wildman–Crippen LogP) is 2.26. The van der Waals surface area contributed by atoms with E-state index in [1.807, 2.05) is 6.07 Å². The number of aliphatic hydroxyl groups is 1. The first-order chi connectivity index (χ1) is 13.0. The molecule has 2 rings (SSSR count). The van der Waals surface area contributed by atoms with Gasteiger partial charge in [-0.25, -0.2) is 4.79 Å². The number of aromatic nitrogens is 2. The van der Waals surface area contributed by atoms with Gasteiger partial charge in [0.15, 0.2) is 5.82 Å². The Bertz CT molecular complexity index is 801. The smallest absolute Gasteiger partial charge is 0.314 e. The Hall–Kier alpha value is -2.76. The zero-order valence-electron chi connectivity index (χ0n) is 14.8. The number of amides is 2. The van der Waals surface area contributed by atoms with Gasteiger partial charge in [0.1, 0.15) is 11.6 Å². The maximum absolute atomic E-state index is 11.8. The van der Waals surface area contributed by atoms with Crippen LogP contribution >= 0.6 is 11.6 Å². The molecule has 0 saturated heterocycles. The molecule has 0 aliphatic rings. The molecule has 0 bridgehead atoms. The van der Waals surface area contributed by atoms with Crippen molar-refractivity contribution in [3.8, 4) is 6.07 Å². The summed E-state index contributed by atoms with van der Waals surface area (Å²) >= 11 is 5.88. The lowest BCUT2D eigenvalue weighted by molar-refractivity contribution is 0.173. The summed E-state index contributed by atoms with van der Waals surface area (Å²) in [4.78, 5) is 11.8. The number of carbonyl (C=O) groups is 1. The first-order valence-corrected chi connectivity index (χ1v) is 9.07. The standard InChI is InChI=1S/C18H23ClN6O2/c19-13-6-4-5-12(9-13)16(26)11-23-18(27)22-8-3-1-2-7-15-14(10-20)17(21)25-24-15/h4-6,9,16,26H,1-3,7-8,11H2,(H3,21,24,25)(H2,22,23,27)/t16-/m1/s1. The highest BCUT2D eigenvalue weighted by molar-refractivity contribution is 6.30. The van der Waals surface area contributed by atoms with Gasteiger partial charge in [0, 0.05) is 18.1 Å². The number of hydrogen-bond donors (Lipinski definition) is 5. The molecule has 1 atom stereocenters. The molecule has 144 valence electrons. The summed E-state index contributed by atoms with van der Waals surface area (Å²) in [5.74, 6) is 0.228. The molecule has 27 heavy (non-hydrogen) atoms. The van der Waals surface area contributed by atoms with Crippen molar-refractivity contribution in [2.75, 3.05) is 18.8 Å². The quantitative estimate of drug-likeness (QED) is 0.418. The molecule has 0 radical (unpaired) electrons. The molecule has 8 nitrogen and oxygen atoms in total. The van der Waals surface area contributed by atoms with Gasteiger partial charge in [0.2, 0.25) is 0 Å². The third kappa shape index (κ3) is 6.47. The number of urea groups is 1. The van der Waals surface area contributed by atoms with Crippen LogP contribution in [0.15, 0.2) is 24.3 Å². The van der Waals surface area contributed by atoms with Gasteiger partial charge >= 0.3 is 6.03 Å². The molecule has 6 N–H and O–H groups in total. The molecule has 2 aromatic rings. The fourth-order valence-electron chi connectivity index (χ4n) is 2.59. The number of nitrogens with one attached hydrogen (secondary N) is 3. The lowest BCUT2D eigenvalue weighted by Gasteiger charge is -2.13. The van der Waals surface area contributed by atoms with Crippen molar-refractivity contribution in [1.29, 1.82) is 5.26 Å². The number of aromatic amines is 1. The van der Waals surface area contributed by atoms with Crippen LogP contribution < -0.4 is 16.4 Å². The summed E-state index contributed by atoms with van der Waals surface area (Å²) in [5, 5.41) is 31.6. The number of hydrogen-bond acceptors (Lipinski definition) is 5. The molecule has 0 aliphatic heterocycles. The molecule has 0 saturated carbocycles. The average Bonchev–Trinajstić information content (AvgIpc) is 3.02. The summed E-state index contributed by atoms with van der Waals surface area (Å²) in [6.07, 6.45) is 2.41. The highest BCUT2D eigenvalue weighted by Gasteiger charge is 2.10. The van der Waals surface area contributed by atoms with Crippen LogP contribution in [0.1, 0.15) is 42.2 Å². The number of aliphatic hydroxyl groups excluding tert-OH is 1. The largest absolute Gasteiger partial charge is 0.387 e. The van der Waals surface area contributed by atoms with E-state index in [0.29, 0.717) is 29.1 Å². The normalized spacial score (nSPS) is 11.6. The number of nitrogen functional groups attached to an aromatic ring is 1. The van der Waals surface area contributed by atoms with Crippen molar-refractivity contribution >= 4 is 23.4 Å². The molecule has 1 aromatic carbocycles. The Morgan fingerprint density at radius 2 is 2.19 bits per heavy atom. The number of unbranched alkanes of at least 4 members (excludes halogenated alkanes) is 2. The minimum atomic E-state index is -0.814. The second-order valence-corrected chi connectivity index (χ2v) is 6.53. The van der Waals surface area contributed by atoms with Gasteiger partial charge in [0.05, 0.1) is 11.8 Å². The van der Waals surface area contributed by atoms with Gasteiger partial charge in [0.25, 0.3) is 0 Å². The Kier molecular flexibility index (Phi) is 7.92. The van der Waals surface area contributed by atoms with Crippen LogP contribution in [-0.2, 0) is 6.42 Å². The predicted molar refractivity (Wildman–Crippen MR) is 103 cm³/mol. The summed E-state index contributed by atoms with van der Waals surface area (Å²) in [7, 11) is 0. The number of benzene rings is 1. The second kappa shape index (κ2) is 10.4. The van der Waals surface area contributed by atoms with E-state index in [4.69, 9.17) is 22.6 Å². The van der Waals surface area contributed by atoms with Gasteiger partial charge in [-0.15, -0.1) is 0 Å². The maximum Gasteiger partial charge on any atom is 0.314 e. The van der Waals surface area contributed by atoms with E-state index < -0.39 is 6.10 Å². The Balaban J connectivity index is 1.57. The highest BCUT2D eigenvalue weighted by Crippen LogP contribution is 2.17. The molecule has 2 amide bonds. The number of nitriles is 1. The molecule has 0 fully saturated rings. The maximum atomic E-state index is 11.8. The van der Waals surface area contributed by atoms with Gasteiger partial charge in [-0.1, -0.05) is 30.2 Å². The SMILES string of the molecule is N#Cc1c(N)n[nH]c1CCCCCNC(=O)NC[C@@H](O)c1cccc(Cl)c1. The van der Waals surface area contributed by atoms with Gasteiger partial charge in [-0.05, 0) is 37.0 Å². The van der Waals surface area contributed by atoms with Crippen molar-refractivity contribution in [2.24, 2.45) is 0 Å². The number of halogens is 1. The van der Waals surface area contributed by atoms with Gasteiger partial charge < -0.3 is 21.5 Å². The molecular weight excluding hydrogens is 368 g/mol. The Morgan fingerprint density at radius 3 is 2.93 bits per heavy atom. The van der Waals surface area contributed by atoms with Crippen LogP contribution in [0.2, 0.25) is 5.02 Å². The zero-order chi connectivity index (χ0) is 19.6. The Labute approximate surface area is 162 Å². The molecular formula is C18H23ClN6O2. The van der Waals surface area contributed by atoms with Crippen LogP contribution in [0.4, 0.5) is 10.6 Å². The number of H-pyrrole nitrogens is 1. The molecule has 0 unspecified atom stereocenters. The van der Waals surface area contributed by atoms with Crippen LogP contribution in [0.3, 0.4) is 0 Å². The van der Waals surface area contributed by atoms with Crippen molar-refractivity contribution in [1.82, 2.24) is 20.8 Å². The van der Waals surface area contributed by atoms with Gasteiger partial charge in [-0.2, -0.15) is 10.4 Å². The number of nitrogens with zero attached hydrogens (tertiary/aromatic N) is 2. The van der Waals surface area contributed by atoms with Crippen LogP contribution in [0, 0.1) is 11.3 Å². The van der Waals surface area contributed by atoms with E-state index in [9.17, 15) is 9.90 Å². The summed E-state index contributed by atoms with van der Waals surface area (Å²) < 4.78 is 0. The summed E-state index contributed by atoms with van der Waals surface area (Å²) in [5.41, 5.74) is 7.39. The lowest BCUT2D eigenvalue weighted by atomic mass is 10.1. The van der Waals surface area contributed by atoms with E-state index in [1.54, 1.807) is 24.3 Å². The molecule has 9 heteroatoms. The van der Waals surface area contributed by atoms with E-state index in [1.165, 1.54) is 0 Å². The van der Waals surface area contributed by atoms with E-state index in [-0.39, 0.29) is 18.4 Å². The topological polar surface area (TPSA) is 140 Å². The molecule has 1 heterocycles. The van der Waals surface area contributed by atoms with Crippen molar-refractivity contribution in [2.45, 2.75) is 31.8 Å². The number of rotatable bonds is 9. The minimum Gasteiger partial charge on any atom is -0.387 e. The average molecular weight is 391 g/mol. The first kappa shape index (κ1) is 20.6. The number of anilines is 1. The van der Waals surface area contributed by atoms with Crippen molar-refractivity contribution in [3.63, 3.8) is 0 Å². The fourth-order valence-corrected chi connectivity index (χ4v) is 2.79. The van der Waals surface area contributed by atoms with Crippen LogP contribution in [0.5, 0.6) is 0 Å². The second-order valence-electron chi connectivity index (χ2n) is 6.09. The zero-order valence-corrected chi connectivity index (χ0v) is 15.6. The molecule has 0 aliphatic carbocycles. The van der Waals surface area contributed by atoms with Crippen molar-refractivity contribution in [3.05, 3.63) is 46.1 Å². The first-order valence-electron chi connectivity index (χ1n) is 8.69. The summed E-state index contributed by atoms with van der Waals surface area (Å²) in [6, 6.07) is 8.59. The lowest BCUT2D eigenvalue weighted by Crippen LogP contribution is -2.38. The van der Waals surface area contributed by atoms with Gasteiger partial charge in [-0.3, -0.25) is 5.10 Å². The number of aryl methyl sites for hydroxylation is 1. The van der Waals surface area contributed by atoms with Crippen LogP contribution in [0.25, 0.3) is 0 Å². The van der Waals surface area contributed by atoms with E-state index in [0.717, 1.165) is 25.0 Å². The summed E-state index contributed by atoms with van der Waals surface area (Å²) in [6.45, 7) is 0.625. The molecule has 0 spiro atoms. The Morgan fingerprint density at radius 1 is 1.37 bits per heavy atom. The minimum absolute atomic E-state index is 0.102.